The lowest BCUT2D eigenvalue weighted by molar-refractivity contribution is -0.130. The maximum absolute atomic E-state index is 13.4. The lowest BCUT2D eigenvalue weighted by atomic mass is 10.0. The Labute approximate surface area is 181 Å². The number of amides is 2. The number of nitrogens with zero attached hydrogens (tertiary/aromatic N) is 2. The SMILES string of the molecule is CN(C)C(=O)[C@H](NC(=O)c1cc(-c2ccccc2)nc2ccccc12)c1ccccc1. The summed E-state index contributed by atoms with van der Waals surface area (Å²) in [6, 6.07) is 27.5. The van der Waals surface area contributed by atoms with Gasteiger partial charge in [0.25, 0.3) is 5.91 Å². The zero-order valence-corrected chi connectivity index (χ0v) is 17.4. The maximum atomic E-state index is 13.4. The molecule has 0 saturated heterocycles. The number of pyridine rings is 1. The molecule has 0 aliphatic heterocycles. The molecule has 154 valence electrons. The Morgan fingerprint density at radius 2 is 1.45 bits per heavy atom. The summed E-state index contributed by atoms with van der Waals surface area (Å²) in [5, 5.41) is 3.68. The Balaban J connectivity index is 1.78. The lowest BCUT2D eigenvalue weighted by Gasteiger charge is -2.22. The summed E-state index contributed by atoms with van der Waals surface area (Å²) in [5.74, 6) is -0.513. The first-order valence-corrected chi connectivity index (χ1v) is 10.1. The highest BCUT2D eigenvalue weighted by atomic mass is 16.2. The van der Waals surface area contributed by atoms with Crippen molar-refractivity contribution in [2.75, 3.05) is 14.1 Å². The zero-order valence-electron chi connectivity index (χ0n) is 17.4. The van der Waals surface area contributed by atoms with Crippen LogP contribution in [0, 0.1) is 0 Å². The van der Waals surface area contributed by atoms with E-state index in [9.17, 15) is 9.59 Å². The van der Waals surface area contributed by atoms with Gasteiger partial charge in [-0.2, -0.15) is 0 Å². The van der Waals surface area contributed by atoms with E-state index in [4.69, 9.17) is 4.98 Å². The van der Waals surface area contributed by atoms with Gasteiger partial charge in [-0.3, -0.25) is 9.59 Å². The number of nitrogens with one attached hydrogen (secondary N) is 1. The lowest BCUT2D eigenvalue weighted by Crippen LogP contribution is -2.40. The normalized spacial score (nSPS) is 11.7. The molecular formula is C26H23N3O2. The molecule has 0 spiro atoms. The largest absolute Gasteiger partial charge is 0.347 e. The van der Waals surface area contributed by atoms with Crippen molar-refractivity contribution < 1.29 is 9.59 Å². The molecule has 31 heavy (non-hydrogen) atoms. The van der Waals surface area contributed by atoms with Crippen LogP contribution in [0.4, 0.5) is 0 Å². The second kappa shape index (κ2) is 8.79. The van der Waals surface area contributed by atoms with Crippen molar-refractivity contribution in [2.24, 2.45) is 0 Å². The van der Waals surface area contributed by atoms with Crippen molar-refractivity contribution in [3.63, 3.8) is 0 Å². The second-order valence-corrected chi connectivity index (χ2v) is 7.49. The van der Waals surface area contributed by atoms with E-state index >= 15 is 0 Å². The van der Waals surface area contributed by atoms with Crippen LogP contribution in [0.5, 0.6) is 0 Å². The van der Waals surface area contributed by atoms with E-state index in [1.54, 1.807) is 20.2 Å². The van der Waals surface area contributed by atoms with Crippen molar-refractivity contribution in [1.82, 2.24) is 15.2 Å². The van der Waals surface area contributed by atoms with Gasteiger partial charge in [-0.15, -0.1) is 0 Å². The van der Waals surface area contributed by atoms with Gasteiger partial charge in [0.05, 0.1) is 16.8 Å². The third-order valence-electron chi connectivity index (χ3n) is 5.13. The summed E-state index contributed by atoms with van der Waals surface area (Å²) < 4.78 is 0. The minimum atomic E-state index is -0.782. The van der Waals surface area contributed by atoms with E-state index < -0.39 is 6.04 Å². The van der Waals surface area contributed by atoms with Gasteiger partial charge in [0.15, 0.2) is 0 Å². The number of benzene rings is 3. The number of likely N-dealkylation sites (N-methyl/N-ethyl adjacent to an activating group) is 1. The number of para-hydroxylation sites is 1. The van der Waals surface area contributed by atoms with Gasteiger partial charge in [-0.05, 0) is 17.7 Å². The van der Waals surface area contributed by atoms with Crippen LogP contribution in [0.25, 0.3) is 22.2 Å². The van der Waals surface area contributed by atoms with Crippen molar-refractivity contribution in [1.29, 1.82) is 0 Å². The first-order chi connectivity index (χ1) is 15.0. The van der Waals surface area contributed by atoms with Gasteiger partial charge in [0, 0.05) is 25.0 Å². The quantitative estimate of drug-likeness (QED) is 0.529. The first kappa shape index (κ1) is 20.3. The molecular weight excluding hydrogens is 386 g/mol. The van der Waals surface area contributed by atoms with Crippen LogP contribution in [0.1, 0.15) is 22.0 Å². The molecule has 0 unspecified atom stereocenters. The van der Waals surface area contributed by atoms with Crippen LogP contribution in [-0.2, 0) is 4.79 Å². The fourth-order valence-electron chi connectivity index (χ4n) is 3.52. The van der Waals surface area contributed by atoms with Gasteiger partial charge in [-0.1, -0.05) is 78.9 Å². The minimum Gasteiger partial charge on any atom is -0.347 e. The number of rotatable bonds is 5. The standard InChI is InChI=1S/C26H23N3O2/c1-29(2)26(31)24(19-13-7-4-8-14-19)28-25(30)21-17-23(18-11-5-3-6-12-18)27-22-16-10-9-15-20(21)22/h3-17,24H,1-2H3,(H,28,30)/t24-/m1/s1. The molecule has 1 aromatic heterocycles. The molecule has 4 aromatic rings. The summed E-state index contributed by atoms with van der Waals surface area (Å²) in [7, 11) is 3.36. The van der Waals surface area contributed by atoms with Gasteiger partial charge >= 0.3 is 0 Å². The molecule has 3 aromatic carbocycles. The number of fused-ring (bicyclic) bond motifs is 1. The monoisotopic (exact) mass is 409 g/mol. The Morgan fingerprint density at radius 1 is 0.839 bits per heavy atom. The van der Waals surface area contributed by atoms with Crippen LogP contribution in [-0.4, -0.2) is 35.8 Å². The summed E-state index contributed by atoms with van der Waals surface area (Å²) in [6.45, 7) is 0. The highest BCUT2D eigenvalue weighted by molar-refractivity contribution is 6.08. The van der Waals surface area contributed by atoms with Crippen molar-refractivity contribution >= 4 is 22.7 Å². The average Bonchev–Trinajstić information content (AvgIpc) is 2.82. The summed E-state index contributed by atoms with van der Waals surface area (Å²) in [6.07, 6.45) is 0. The number of hydrogen-bond acceptors (Lipinski definition) is 3. The van der Waals surface area contributed by atoms with E-state index in [-0.39, 0.29) is 11.8 Å². The predicted octanol–water partition coefficient (Wildman–Crippen LogP) is 4.46. The Bertz CT molecular complexity index is 1220. The highest BCUT2D eigenvalue weighted by Gasteiger charge is 2.25. The number of aromatic nitrogens is 1. The Kier molecular flexibility index (Phi) is 5.76. The molecule has 1 atom stereocenters. The van der Waals surface area contributed by atoms with E-state index in [1.165, 1.54) is 4.90 Å². The number of carbonyl (C=O) groups is 2. The second-order valence-electron chi connectivity index (χ2n) is 7.49. The van der Waals surface area contributed by atoms with E-state index in [1.807, 2.05) is 84.9 Å². The molecule has 0 aliphatic rings. The Hall–Kier alpha value is -3.99. The van der Waals surface area contributed by atoms with E-state index in [0.29, 0.717) is 11.3 Å². The molecule has 5 heteroatoms. The summed E-state index contributed by atoms with van der Waals surface area (Å²) >= 11 is 0. The molecule has 2 amide bonds. The van der Waals surface area contributed by atoms with Gasteiger partial charge in [-0.25, -0.2) is 4.98 Å². The zero-order chi connectivity index (χ0) is 21.8. The first-order valence-electron chi connectivity index (χ1n) is 10.1. The predicted molar refractivity (Wildman–Crippen MR) is 123 cm³/mol. The van der Waals surface area contributed by atoms with Gasteiger partial charge in [0.1, 0.15) is 6.04 Å². The molecule has 4 rings (SSSR count). The maximum Gasteiger partial charge on any atom is 0.252 e. The fraction of sp³-hybridized carbons (Fsp3) is 0.115. The fourth-order valence-corrected chi connectivity index (χ4v) is 3.52. The van der Waals surface area contributed by atoms with Crippen LogP contribution in [0.2, 0.25) is 0 Å². The topological polar surface area (TPSA) is 62.3 Å². The summed E-state index contributed by atoms with van der Waals surface area (Å²) in [5.41, 5.74) is 3.57. The molecule has 0 bridgehead atoms. The van der Waals surface area contributed by atoms with Gasteiger partial charge < -0.3 is 10.2 Å². The van der Waals surface area contributed by atoms with Crippen molar-refractivity contribution in [3.8, 4) is 11.3 Å². The van der Waals surface area contributed by atoms with Crippen molar-refractivity contribution in [3.05, 3.63) is 102 Å². The smallest absolute Gasteiger partial charge is 0.252 e. The third kappa shape index (κ3) is 4.31. The molecule has 0 fully saturated rings. The summed E-state index contributed by atoms with van der Waals surface area (Å²) in [4.78, 5) is 32.5. The van der Waals surface area contributed by atoms with Crippen LogP contribution < -0.4 is 5.32 Å². The molecule has 1 N–H and O–H groups in total. The van der Waals surface area contributed by atoms with Crippen LogP contribution in [0.15, 0.2) is 91.0 Å². The highest BCUT2D eigenvalue weighted by Crippen LogP contribution is 2.26. The molecule has 0 radical (unpaired) electrons. The number of hydrogen-bond donors (Lipinski definition) is 1. The van der Waals surface area contributed by atoms with Crippen LogP contribution >= 0.6 is 0 Å². The average molecular weight is 409 g/mol. The third-order valence-corrected chi connectivity index (χ3v) is 5.13. The molecule has 0 aliphatic carbocycles. The van der Waals surface area contributed by atoms with Gasteiger partial charge in [0.2, 0.25) is 5.91 Å². The van der Waals surface area contributed by atoms with Crippen LogP contribution in [0.3, 0.4) is 0 Å². The van der Waals surface area contributed by atoms with Crippen molar-refractivity contribution in [2.45, 2.75) is 6.04 Å². The minimum absolute atomic E-state index is 0.193. The number of carbonyl (C=O) groups excluding carboxylic acids is 2. The van der Waals surface area contributed by atoms with E-state index in [2.05, 4.69) is 5.32 Å². The molecule has 0 saturated carbocycles. The Morgan fingerprint density at radius 3 is 2.13 bits per heavy atom. The molecule has 5 nitrogen and oxygen atoms in total. The van der Waals surface area contributed by atoms with E-state index in [0.717, 1.165) is 22.0 Å². The molecule has 1 heterocycles.